The highest BCUT2D eigenvalue weighted by Gasteiger charge is 2.19. The quantitative estimate of drug-likeness (QED) is 0.647. The Morgan fingerprint density at radius 1 is 1.12 bits per heavy atom. The number of benzene rings is 2. The maximum absolute atomic E-state index is 12.5. The van der Waals surface area contributed by atoms with Crippen molar-refractivity contribution in [3.05, 3.63) is 58.6 Å². The molecule has 8 heteroatoms. The summed E-state index contributed by atoms with van der Waals surface area (Å²) in [4.78, 5) is 22.9. The third-order valence-electron chi connectivity index (χ3n) is 3.17. The molecule has 0 saturated carbocycles. The SMILES string of the molecule is COC(=O)c1cc(S(=O)(=O)Nc2cccc(C(C)=O)c2)ccc1Cl. The highest BCUT2D eigenvalue weighted by molar-refractivity contribution is 7.92. The first-order valence-electron chi connectivity index (χ1n) is 6.76. The molecule has 24 heavy (non-hydrogen) atoms. The van der Waals surface area contributed by atoms with Gasteiger partial charge in [-0.3, -0.25) is 9.52 Å². The molecule has 0 radical (unpaired) electrons. The molecule has 0 aromatic heterocycles. The normalized spacial score (nSPS) is 11.0. The van der Waals surface area contributed by atoms with Crippen molar-refractivity contribution < 1.29 is 22.7 Å². The van der Waals surface area contributed by atoms with Gasteiger partial charge in [0.2, 0.25) is 0 Å². The van der Waals surface area contributed by atoms with Gasteiger partial charge in [-0.25, -0.2) is 13.2 Å². The number of sulfonamides is 1. The lowest BCUT2D eigenvalue weighted by Crippen LogP contribution is -2.14. The number of carbonyl (C=O) groups excluding carboxylic acids is 2. The van der Waals surface area contributed by atoms with Crippen LogP contribution >= 0.6 is 11.6 Å². The zero-order valence-electron chi connectivity index (χ0n) is 12.9. The fourth-order valence-corrected chi connectivity index (χ4v) is 3.22. The summed E-state index contributed by atoms with van der Waals surface area (Å²) in [6, 6.07) is 9.79. The van der Waals surface area contributed by atoms with Gasteiger partial charge in [0.15, 0.2) is 5.78 Å². The van der Waals surface area contributed by atoms with E-state index in [1.54, 1.807) is 12.1 Å². The van der Waals surface area contributed by atoms with Gasteiger partial charge in [-0.05, 0) is 37.3 Å². The third-order valence-corrected chi connectivity index (χ3v) is 4.88. The summed E-state index contributed by atoms with van der Waals surface area (Å²) >= 11 is 5.88. The number of methoxy groups -OCH3 is 1. The molecule has 0 bridgehead atoms. The third kappa shape index (κ3) is 3.93. The summed E-state index contributed by atoms with van der Waals surface area (Å²) in [6.45, 7) is 1.38. The Bertz CT molecular complexity index is 908. The lowest BCUT2D eigenvalue weighted by atomic mass is 10.1. The van der Waals surface area contributed by atoms with Gasteiger partial charge in [0.1, 0.15) is 0 Å². The van der Waals surface area contributed by atoms with E-state index in [0.29, 0.717) is 5.56 Å². The molecule has 0 aliphatic rings. The zero-order chi connectivity index (χ0) is 17.9. The Morgan fingerprint density at radius 2 is 1.83 bits per heavy atom. The van der Waals surface area contributed by atoms with Gasteiger partial charge in [0, 0.05) is 11.3 Å². The molecule has 0 aliphatic heterocycles. The monoisotopic (exact) mass is 367 g/mol. The molecule has 1 N–H and O–H groups in total. The number of halogens is 1. The summed E-state index contributed by atoms with van der Waals surface area (Å²) in [7, 11) is -2.79. The molecule has 0 saturated heterocycles. The van der Waals surface area contributed by atoms with Crippen LogP contribution in [-0.2, 0) is 14.8 Å². The molecular weight excluding hydrogens is 354 g/mol. The van der Waals surface area contributed by atoms with Gasteiger partial charge in [0.05, 0.1) is 22.6 Å². The number of nitrogens with one attached hydrogen (secondary N) is 1. The molecule has 6 nitrogen and oxygen atoms in total. The van der Waals surface area contributed by atoms with Crippen molar-refractivity contribution in [1.82, 2.24) is 0 Å². The molecule has 2 aromatic rings. The van der Waals surface area contributed by atoms with E-state index in [0.717, 1.165) is 6.07 Å². The molecule has 0 amide bonds. The first-order valence-corrected chi connectivity index (χ1v) is 8.62. The molecule has 0 heterocycles. The minimum Gasteiger partial charge on any atom is -0.465 e. The van der Waals surface area contributed by atoms with E-state index in [4.69, 9.17) is 11.6 Å². The molecule has 2 aromatic carbocycles. The van der Waals surface area contributed by atoms with Crippen molar-refractivity contribution in [1.29, 1.82) is 0 Å². The number of hydrogen-bond donors (Lipinski definition) is 1. The van der Waals surface area contributed by atoms with Crippen LogP contribution in [0.3, 0.4) is 0 Å². The number of hydrogen-bond acceptors (Lipinski definition) is 5. The van der Waals surface area contributed by atoms with E-state index >= 15 is 0 Å². The molecule has 2 rings (SSSR count). The van der Waals surface area contributed by atoms with Crippen LogP contribution in [0.4, 0.5) is 5.69 Å². The van der Waals surface area contributed by atoms with Crippen molar-refractivity contribution >= 4 is 39.1 Å². The molecular formula is C16H14ClNO5S. The van der Waals surface area contributed by atoms with Crippen molar-refractivity contribution in [3.63, 3.8) is 0 Å². The van der Waals surface area contributed by atoms with Crippen LogP contribution in [0.15, 0.2) is 47.4 Å². The van der Waals surface area contributed by atoms with E-state index in [2.05, 4.69) is 9.46 Å². The van der Waals surface area contributed by atoms with E-state index < -0.39 is 16.0 Å². The number of rotatable bonds is 5. The van der Waals surface area contributed by atoms with Gasteiger partial charge < -0.3 is 4.74 Å². The first-order chi connectivity index (χ1) is 11.2. The Morgan fingerprint density at radius 3 is 2.46 bits per heavy atom. The fraction of sp³-hybridized carbons (Fsp3) is 0.125. The first kappa shape index (κ1) is 18.0. The summed E-state index contributed by atoms with van der Waals surface area (Å²) in [6.07, 6.45) is 0. The maximum Gasteiger partial charge on any atom is 0.339 e. The minimum atomic E-state index is -3.96. The number of carbonyl (C=O) groups is 2. The summed E-state index contributed by atoms with van der Waals surface area (Å²) in [5, 5.41) is 0.0828. The van der Waals surface area contributed by atoms with Crippen molar-refractivity contribution in [2.75, 3.05) is 11.8 Å². The highest BCUT2D eigenvalue weighted by Crippen LogP contribution is 2.23. The number of ketones is 1. The maximum atomic E-state index is 12.5. The molecule has 0 fully saturated rings. The average molecular weight is 368 g/mol. The second-order valence-corrected chi connectivity index (χ2v) is 6.97. The van der Waals surface area contributed by atoms with Crippen molar-refractivity contribution in [3.8, 4) is 0 Å². The number of esters is 1. The van der Waals surface area contributed by atoms with Crippen LogP contribution in [-0.4, -0.2) is 27.3 Å². The van der Waals surface area contributed by atoms with Gasteiger partial charge in [0.25, 0.3) is 10.0 Å². The molecule has 0 atom stereocenters. The lowest BCUT2D eigenvalue weighted by molar-refractivity contribution is 0.0600. The second kappa shape index (κ2) is 7.02. The van der Waals surface area contributed by atoms with Gasteiger partial charge >= 0.3 is 5.97 Å². The van der Waals surface area contributed by atoms with E-state index in [1.165, 1.54) is 38.3 Å². The van der Waals surface area contributed by atoms with Gasteiger partial charge in [-0.15, -0.1) is 0 Å². The lowest BCUT2D eigenvalue weighted by Gasteiger charge is -2.10. The van der Waals surface area contributed by atoms with Gasteiger partial charge in [-0.2, -0.15) is 0 Å². The fourth-order valence-electron chi connectivity index (χ4n) is 1.95. The molecule has 0 unspecified atom stereocenters. The number of Topliss-reactive ketones (excluding diaryl/α,β-unsaturated/α-hetero) is 1. The molecule has 126 valence electrons. The smallest absolute Gasteiger partial charge is 0.339 e. The highest BCUT2D eigenvalue weighted by atomic mass is 35.5. The van der Waals surface area contributed by atoms with Crippen LogP contribution in [0.1, 0.15) is 27.6 Å². The zero-order valence-corrected chi connectivity index (χ0v) is 14.4. The van der Waals surface area contributed by atoms with Crippen LogP contribution in [0.5, 0.6) is 0 Å². The summed E-state index contributed by atoms with van der Waals surface area (Å²) in [5.74, 6) is -0.925. The Hall–Kier alpha value is -2.38. The van der Waals surface area contributed by atoms with Gasteiger partial charge in [-0.1, -0.05) is 23.7 Å². The summed E-state index contributed by atoms with van der Waals surface area (Å²) < 4.78 is 31.9. The standard InChI is InChI=1S/C16H14ClNO5S/c1-10(19)11-4-3-5-12(8-11)18-24(21,22)13-6-7-15(17)14(9-13)16(20)23-2/h3-9,18H,1-2H3. The average Bonchev–Trinajstić information content (AvgIpc) is 2.54. The Balaban J connectivity index is 2.39. The van der Waals surface area contributed by atoms with E-state index in [-0.39, 0.29) is 27.0 Å². The van der Waals surface area contributed by atoms with Crippen LogP contribution in [0.2, 0.25) is 5.02 Å². The number of anilines is 1. The Kier molecular flexibility index (Phi) is 5.26. The van der Waals surface area contributed by atoms with Crippen LogP contribution < -0.4 is 4.72 Å². The molecule has 0 aliphatic carbocycles. The topological polar surface area (TPSA) is 89.5 Å². The summed E-state index contributed by atoms with van der Waals surface area (Å²) in [5.41, 5.74) is 0.554. The second-order valence-electron chi connectivity index (χ2n) is 4.88. The van der Waals surface area contributed by atoms with Crippen LogP contribution in [0, 0.1) is 0 Å². The number of ether oxygens (including phenoxy) is 1. The van der Waals surface area contributed by atoms with Crippen molar-refractivity contribution in [2.45, 2.75) is 11.8 Å². The predicted molar refractivity (Wildman–Crippen MR) is 90.0 cm³/mol. The predicted octanol–water partition coefficient (Wildman–Crippen LogP) is 3.13. The molecule has 0 spiro atoms. The van der Waals surface area contributed by atoms with Crippen LogP contribution in [0.25, 0.3) is 0 Å². The van der Waals surface area contributed by atoms with Crippen molar-refractivity contribution in [2.24, 2.45) is 0 Å². The van der Waals surface area contributed by atoms with E-state index in [9.17, 15) is 18.0 Å². The van der Waals surface area contributed by atoms with E-state index in [1.807, 2.05) is 0 Å². The minimum absolute atomic E-state index is 0.0560. The largest absolute Gasteiger partial charge is 0.465 e. The Labute approximate surface area is 144 Å².